The molecule has 2 aromatic carbocycles. The number of amides is 2. The van der Waals surface area contributed by atoms with Crippen LogP contribution < -0.4 is 9.62 Å². The zero-order chi connectivity index (χ0) is 26.1. The molecule has 1 aliphatic carbocycles. The first kappa shape index (κ1) is 27.6. The van der Waals surface area contributed by atoms with E-state index in [0.717, 1.165) is 31.9 Å². The average molecular weight is 518 g/mol. The maximum atomic E-state index is 13.4. The molecular weight excluding hydrogens is 481 g/mol. The molecule has 0 unspecified atom stereocenters. The summed E-state index contributed by atoms with van der Waals surface area (Å²) in [4.78, 5) is 27.9. The van der Waals surface area contributed by atoms with Crippen LogP contribution in [0, 0.1) is 5.82 Å². The summed E-state index contributed by atoms with van der Waals surface area (Å²) in [5, 5.41) is 3.08. The Morgan fingerprint density at radius 3 is 2.28 bits per heavy atom. The fraction of sp³-hybridized carbons (Fsp3) is 0.481. The topological polar surface area (TPSA) is 86.8 Å². The Bertz CT molecular complexity index is 1100. The molecule has 7 nitrogen and oxygen atoms in total. The number of halogens is 1. The number of nitrogens with zero attached hydrogens (tertiary/aromatic N) is 2. The van der Waals surface area contributed by atoms with E-state index in [-0.39, 0.29) is 49.6 Å². The van der Waals surface area contributed by atoms with E-state index in [2.05, 4.69) is 5.32 Å². The van der Waals surface area contributed by atoms with Gasteiger partial charge in [0.1, 0.15) is 11.9 Å². The number of para-hydroxylation sites is 1. The summed E-state index contributed by atoms with van der Waals surface area (Å²) in [6.45, 7) is 2.00. The van der Waals surface area contributed by atoms with Crippen molar-refractivity contribution in [3.05, 3.63) is 66.0 Å². The summed E-state index contributed by atoms with van der Waals surface area (Å²) in [6, 6.07) is 14.0. The Morgan fingerprint density at radius 1 is 1.03 bits per heavy atom. The van der Waals surface area contributed by atoms with Gasteiger partial charge in [-0.2, -0.15) is 0 Å². The standard InChI is InChI=1S/C27H36FN3O4S/c1-21(27(33)29-24-10-5-3-6-11-24)30(20-22-15-17-23(28)18-16-22)26(32)14-9-19-31(36(2,34)35)25-12-7-4-8-13-25/h4,7-8,12-13,15-18,21,24H,3,5-6,9-11,14,19-20H2,1-2H3,(H,29,33)/t21-/m0/s1. The van der Waals surface area contributed by atoms with Crippen LogP contribution in [0.5, 0.6) is 0 Å². The van der Waals surface area contributed by atoms with E-state index in [4.69, 9.17) is 0 Å². The number of benzene rings is 2. The van der Waals surface area contributed by atoms with E-state index >= 15 is 0 Å². The van der Waals surface area contributed by atoms with E-state index in [1.807, 2.05) is 0 Å². The summed E-state index contributed by atoms with van der Waals surface area (Å²) in [7, 11) is -3.53. The highest BCUT2D eigenvalue weighted by Gasteiger charge is 2.28. The zero-order valence-electron chi connectivity index (χ0n) is 21.0. The second-order valence-corrected chi connectivity index (χ2v) is 11.3. The first-order valence-corrected chi connectivity index (χ1v) is 14.4. The monoisotopic (exact) mass is 517 g/mol. The lowest BCUT2D eigenvalue weighted by molar-refractivity contribution is -0.141. The summed E-state index contributed by atoms with van der Waals surface area (Å²) >= 11 is 0. The highest BCUT2D eigenvalue weighted by atomic mass is 32.2. The number of rotatable bonds is 11. The van der Waals surface area contributed by atoms with Crippen molar-refractivity contribution in [2.24, 2.45) is 0 Å². The van der Waals surface area contributed by atoms with Crippen molar-refractivity contribution >= 4 is 27.5 Å². The first-order valence-electron chi connectivity index (χ1n) is 12.5. The SMILES string of the molecule is C[C@@H](C(=O)NC1CCCCC1)N(Cc1ccc(F)cc1)C(=O)CCCN(c1ccccc1)S(C)(=O)=O. The molecule has 1 saturated carbocycles. The van der Waals surface area contributed by atoms with Gasteiger partial charge in [0.2, 0.25) is 21.8 Å². The molecule has 36 heavy (non-hydrogen) atoms. The van der Waals surface area contributed by atoms with Crippen molar-refractivity contribution in [1.29, 1.82) is 0 Å². The van der Waals surface area contributed by atoms with Gasteiger partial charge in [0.05, 0.1) is 11.9 Å². The van der Waals surface area contributed by atoms with Gasteiger partial charge in [-0.25, -0.2) is 12.8 Å². The predicted octanol–water partition coefficient (Wildman–Crippen LogP) is 4.24. The fourth-order valence-electron chi connectivity index (χ4n) is 4.54. The van der Waals surface area contributed by atoms with Crippen LogP contribution in [0.15, 0.2) is 54.6 Å². The number of hydrogen-bond donors (Lipinski definition) is 1. The van der Waals surface area contributed by atoms with Crippen molar-refractivity contribution in [3.63, 3.8) is 0 Å². The third-order valence-electron chi connectivity index (χ3n) is 6.58. The van der Waals surface area contributed by atoms with Crippen LogP contribution in [0.25, 0.3) is 0 Å². The summed E-state index contributed by atoms with van der Waals surface area (Å²) in [6.07, 6.45) is 6.70. The van der Waals surface area contributed by atoms with Crippen molar-refractivity contribution < 1.29 is 22.4 Å². The average Bonchev–Trinajstić information content (AvgIpc) is 2.86. The third-order valence-corrected chi connectivity index (χ3v) is 7.78. The molecule has 196 valence electrons. The Morgan fingerprint density at radius 2 is 1.67 bits per heavy atom. The minimum absolute atomic E-state index is 0.0705. The second-order valence-electron chi connectivity index (χ2n) is 9.44. The van der Waals surface area contributed by atoms with Crippen LogP contribution in [0.2, 0.25) is 0 Å². The van der Waals surface area contributed by atoms with Gasteiger partial charge in [-0.05, 0) is 56.0 Å². The van der Waals surface area contributed by atoms with Crippen LogP contribution in [-0.2, 0) is 26.2 Å². The van der Waals surface area contributed by atoms with Crippen LogP contribution in [0.1, 0.15) is 57.4 Å². The van der Waals surface area contributed by atoms with Gasteiger partial charge in [0, 0.05) is 25.6 Å². The van der Waals surface area contributed by atoms with Crippen LogP contribution in [-0.4, -0.2) is 50.0 Å². The van der Waals surface area contributed by atoms with E-state index in [9.17, 15) is 22.4 Å². The van der Waals surface area contributed by atoms with Gasteiger partial charge in [-0.3, -0.25) is 13.9 Å². The summed E-state index contributed by atoms with van der Waals surface area (Å²) in [5.74, 6) is -0.840. The molecular formula is C27H36FN3O4S. The van der Waals surface area contributed by atoms with E-state index in [0.29, 0.717) is 11.3 Å². The normalized spacial score (nSPS) is 15.2. The molecule has 0 saturated heterocycles. The quantitative estimate of drug-likeness (QED) is 0.483. The lowest BCUT2D eigenvalue weighted by Gasteiger charge is -2.31. The molecule has 0 radical (unpaired) electrons. The number of carbonyl (C=O) groups is 2. The van der Waals surface area contributed by atoms with Gasteiger partial charge >= 0.3 is 0 Å². The number of hydrogen-bond acceptors (Lipinski definition) is 4. The van der Waals surface area contributed by atoms with Gasteiger partial charge < -0.3 is 10.2 Å². The highest BCUT2D eigenvalue weighted by Crippen LogP contribution is 2.20. The number of sulfonamides is 1. The van der Waals surface area contributed by atoms with Crippen LogP contribution in [0.4, 0.5) is 10.1 Å². The molecule has 2 aromatic rings. The fourth-order valence-corrected chi connectivity index (χ4v) is 5.50. The number of nitrogens with one attached hydrogen (secondary N) is 1. The lowest BCUT2D eigenvalue weighted by Crippen LogP contribution is -2.50. The lowest BCUT2D eigenvalue weighted by atomic mass is 9.95. The van der Waals surface area contributed by atoms with E-state index < -0.39 is 16.1 Å². The molecule has 3 rings (SSSR count). The Balaban J connectivity index is 1.69. The van der Waals surface area contributed by atoms with Crippen molar-refractivity contribution in [2.45, 2.75) is 70.5 Å². The molecule has 0 heterocycles. The van der Waals surface area contributed by atoms with Gasteiger partial charge in [-0.1, -0.05) is 49.6 Å². The highest BCUT2D eigenvalue weighted by molar-refractivity contribution is 7.92. The van der Waals surface area contributed by atoms with Crippen molar-refractivity contribution in [1.82, 2.24) is 10.2 Å². The maximum absolute atomic E-state index is 13.4. The molecule has 0 spiro atoms. The third kappa shape index (κ3) is 8.05. The van der Waals surface area contributed by atoms with Gasteiger partial charge in [-0.15, -0.1) is 0 Å². The predicted molar refractivity (Wildman–Crippen MR) is 139 cm³/mol. The van der Waals surface area contributed by atoms with Gasteiger partial charge in [0.25, 0.3) is 0 Å². The van der Waals surface area contributed by atoms with Crippen molar-refractivity contribution in [3.8, 4) is 0 Å². The molecule has 1 atom stereocenters. The largest absolute Gasteiger partial charge is 0.352 e. The van der Waals surface area contributed by atoms with Crippen LogP contribution in [0.3, 0.4) is 0 Å². The smallest absolute Gasteiger partial charge is 0.242 e. The minimum Gasteiger partial charge on any atom is -0.352 e. The molecule has 2 amide bonds. The molecule has 1 fully saturated rings. The van der Waals surface area contributed by atoms with Gasteiger partial charge in [0.15, 0.2) is 0 Å². The van der Waals surface area contributed by atoms with E-state index in [1.54, 1.807) is 49.4 Å². The summed E-state index contributed by atoms with van der Waals surface area (Å²) < 4.78 is 39.4. The number of carbonyl (C=O) groups excluding carboxylic acids is 2. The Labute approximate surface area is 213 Å². The Kier molecular flexibility index (Phi) is 9.87. The Hall–Kier alpha value is -2.94. The van der Waals surface area contributed by atoms with Crippen LogP contribution >= 0.6 is 0 Å². The van der Waals surface area contributed by atoms with E-state index in [1.165, 1.54) is 27.8 Å². The molecule has 0 bridgehead atoms. The molecule has 1 aliphatic rings. The minimum atomic E-state index is -3.53. The first-order chi connectivity index (χ1) is 17.1. The maximum Gasteiger partial charge on any atom is 0.242 e. The molecule has 1 N–H and O–H groups in total. The summed E-state index contributed by atoms with van der Waals surface area (Å²) in [5.41, 5.74) is 1.25. The van der Waals surface area contributed by atoms with Crippen molar-refractivity contribution in [2.75, 3.05) is 17.1 Å². The number of anilines is 1. The second kappa shape index (κ2) is 12.9. The molecule has 9 heteroatoms. The zero-order valence-corrected chi connectivity index (χ0v) is 21.8. The molecule has 0 aliphatic heterocycles. The molecule has 0 aromatic heterocycles.